The monoisotopic (exact) mass is 385 g/mol. The van der Waals surface area contributed by atoms with Gasteiger partial charge in [-0.1, -0.05) is 0 Å². The number of carbonyl (C=O) groups is 3. The Bertz CT molecular complexity index is 735. The lowest BCUT2D eigenvalue weighted by Gasteiger charge is -2.35. The van der Waals surface area contributed by atoms with E-state index in [1.807, 2.05) is 9.80 Å². The van der Waals surface area contributed by atoms with Gasteiger partial charge >= 0.3 is 6.09 Å². The predicted octanol–water partition coefficient (Wildman–Crippen LogP) is 2.51. The first-order valence-electron chi connectivity index (χ1n) is 10.3. The van der Waals surface area contributed by atoms with Crippen molar-refractivity contribution in [3.8, 4) is 0 Å². The molecule has 7 heteroatoms. The van der Waals surface area contributed by atoms with Gasteiger partial charge in [0.1, 0.15) is 6.61 Å². The molecule has 3 aliphatic rings. The summed E-state index contributed by atoms with van der Waals surface area (Å²) in [6.07, 6.45) is 4.55. The molecule has 3 saturated heterocycles. The summed E-state index contributed by atoms with van der Waals surface area (Å²) < 4.78 is 4.95. The molecule has 4 rings (SSSR count). The molecule has 0 saturated carbocycles. The predicted molar refractivity (Wildman–Crippen MR) is 104 cm³/mol. The van der Waals surface area contributed by atoms with Crippen LogP contribution in [0.5, 0.6) is 0 Å². The van der Waals surface area contributed by atoms with E-state index < -0.39 is 0 Å². The highest BCUT2D eigenvalue weighted by molar-refractivity contribution is 5.96. The molecule has 1 aromatic carbocycles. The molecular weight excluding hydrogens is 358 g/mol. The van der Waals surface area contributed by atoms with Gasteiger partial charge < -0.3 is 14.5 Å². The Kier molecular flexibility index (Phi) is 5.50. The maximum absolute atomic E-state index is 12.8. The van der Waals surface area contributed by atoms with Crippen molar-refractivity contribution < 1.29 is 19.1 Å². The van der Waals surface area contributed by atoms with Gasteiger partial charge in [-0.25, -0.2) is 4.79 Å². The number of hydrogen-bond acceptors (Lipinski definition) is 4. The molecule has 0 aromatic heterocycles. The maximum Gasteiger partial charge on any atom is 0.414 e. The van der Waals surface area contributed by atoms with Crippen LogP contribution in [0.2, 0.25) is 0 Å². The summed E-state index contributed by atoms with van der Waals surface area (Å²) in [6, 6.07) is 7.08. The number of carbonyl (C=O) groups excluding carboxylic acids is 3. The molecule has 150 valence electrons. The highest BCUT2D eigenvalue weighted by atomic mass is 16.6. The van der Waals surface area contributed by atoms with E-state index in [0.717, 1.165) is 44.5 Å². The zero-order chi connectivity index (χ0) is 19.5. The molecule has 0 atom stereocenters. The van der Waals surface area contributed by atoms with Gasteiger partial charge in [0.25, 0.3) is 5.91 Å². The van der Waals surface area contributed by atoms with Gasteiger partial charge in [0.15, 0.2) is 0 Å². The smallest absolute Gasteiger partial charge is 0.414 e. The minimum Gasteiger partial charge on any atom is -0.447 e. The molecule has 3 fully saturated rings. The largest absolute Gasteiger partial charge is 0.447 e. The Morgan fingerprint density at radius 2 is 1.54 bits per heavy atom. The van der Waals surface area contributed by atoms with E-state index in [0.29, 0.717) is 31.8 Å². The van der Waals surface area contributed by atoms with Gasteiger partial charge in [-0.2, -0.15) is 0 Å². The normalized spacial score (nSPS) is 21.0. The van der Waals surface area contributed by atoms with Crippen molar-refractivity contribution in [2.45, 2.75) is 32.1 Å². The Morgan fingerprint density at radius 1 is 0.857 bits per heavy atom. The summed E-state index contributed by atoms with van der Waals surface area (Å²) in [6.45, 7) is 3.92. The number of nitrogens with zero attached hydrogens (tertiary/aromatic N) is 3. The van der Waals surface area contributed by atoms with Crippen LogP contribution in [0, 0.1) is 5.92 Å². The summed E-state index contributed by atoms with van der Waals surface area (Å²) in [5.41, 5.74) is 1.35. The number of benzene rings is 1. The van der Waals surface area contributed by atoms with E-state index in [4.69, 9.17) is 4.74 Å². The lowest BCUT2D eigenvalue weighted by Crippen LogP contribution is -2.45. The van der Waals surface area contributed by atoms with Crippen LogP contribution in [0.15, 0.2) is 24.3 Å². The number of piperidine rings is 2. The second-order valence-corrected chi connectivity index (χ2v) is 7.77. The average Bonchev–Trinajstić information content (AvgIpc) is 3.19. The van der Waals surface area contributed by atoms with Gasteiger partial charge in [-0.3, -0.25) is 14.5 Å². The van der Waals surface area contributed by atoms with Crippen molar-refractivity contribution in [1.82, 2.24) is 9.80 Å². The third kappa shape index (κ3) is 3.84. The van der Waals surface area contributed by atoms with Crippen molar-refractivity contribution in [2.24, 2.45) is 5.92 Å². The van der Waals surface area contributed by atoms with E-state index in [9.17, 15) is 14.4 Å². The van der Waals surface area contributed by atoms with Crippen molar-refractivity contribution >= 4 is 23.6 Å². The fourth-order valence-electron chi connectivity index (χ4n) is 4.30. The molecule has 0 aliphatic carbocycles. The van der Waals surface area contributed by atoms with Crippen LogP contribution in [-0.2, 0) is 9.53 Å². The van der Waals surface area contributed by atoms with Crippen LogP contribution in [0.4, 0.5) is 10.5 Å². The van der Waals surface area contributed by atoms with Crippen molar-refractivity contribution in [1.29, 1.82) is 0 Å². The Hall–Kier alpha value is -2.57. The number of likely N-dealkylation sites (tertiary alicyclic amines) is 2. The lowest BCUT2D eigenvalue weighted by molar-refractivity contribution is -0.137. The quantitative estimate of drug-likeness (QED) is 0.802. The zero-order valence-electron chi connectivity index (χ0n) is 16.1. The molecule has 0 radical (unpaired) electrons. The van der Waals surface area contributed by atoms with Gasteiger partial charge in [0, 0.05) is 43.3 Å². The maximum atomic E-state index is 12.8. The number of amides is 3. The Morgan fingerprint density at radius 3 is 2.14 bits per heavy atom. The van der Waals surface area contributed by atoms with E-state index in [2.05, 4.69) is 0 Å². The molecule has 7 nitrogen and oxygen atoms in total. The third-order valence-electron chi connectivity index (χ3n) is 5.99. The van der Waals surface area contributed by atoms with Crippen LogP contribution in [-0.4, -0.2) is 67.0 Å². The molecule has 0 spiro atoms. The van der Waals surface area contributed by atoms with Crippen LogP contribution >= 0.6 is 0 Å². The second kappa shape index (κ2) is 8.20. The Labute approximate surface area is 165 Å². The number of anilines is 1. The molecule has 1 aromatic rings. The minimum atomic E-state index is -0.348. The van der Waals surface area contributed by atoms with Crippen molar-refractivity contribution in [3.63, 3.8) is 0 Å². The van der Waals surface area contributed by atoms with Gasteiger partial charge in [-0.15, -0.1) is 0 Å². The highest BCUT2D eigenvalue weighted by Gasteiger charge is 2.31. The minimum absolute atomic E-state index is 0.0144. The van der Waals surface area contributed by atoms with E-state index in [-0.39, 0.29) is 23.8 Å². The summed E-state index contributed by atoms with van der Waals surface area (Å²) >= 11 is 0. The molecule has 0 N–H and O–H groups in total. The average molecular weight is 385 g/mol. The molecular formula is C21H27N3O4. The molecule has 3 amide bonds. The van der Waals surface area contributed by atoms with Crippen molar-refractivity contribution in [3.05, 3.63) is 29.8 Å². The molecule has 0 bridgehead atoms. The molecule has 3 heterocycles. The molecule has 3 aliphatic heterocycles. The number of rotatable bonds is 3. The number of cyclic esters (lactones) is 1. The fraction of sp³-hybridized carbons (Fsp3) is 0.571. The summed E-state index contributed by atoms with van der Waals surface area (Å²) in [5, 5.41) is 0. The van der Waals surface area contributed by atoms with Crippen LogP contribution in [0.25, 0.3) is 0 Å². The number of hydrogen-bond donors (Lipinski definition) is 0. The van der Waals surface area contributed by atoms with Gasteiger partial charge in [0.05, 0.1) is 6.54 Å². The van der Waals surface area contributed by atoms with E-state index in [1.165, 1.54) is 6.42 Å². The zero-order valence-corrected chi connectivity index (χ0v) is 16.1. The lowest BCUT2D eigenvalue weighted by atomic mass is 9.94. The van der Waals surface area contributed by atoms with Gasteiger partial charge in [0.2, 0.25) is 5.91 Å². The number of ether oxygens (including phenoxy) is 1. The first-order valence-corrected chi connectivity index (χ1v) is 10.3. The van der Waals surface area contributed by atoms with Crippen molar-refractivity contribution in [2.75, 3.05) is 44.2 Å². The van der Waals surface area contributed by atoms with Gasteiger partial charge in [-0.05, 0) is 56.4 Å². The Balaban J connectivity index is 1.32. The molecule has 28 heavy (non-hydrogen) atoms. The fourth-order valence-corrected chi connectivity index (χ4v) is 4.30. The SMILES string of the molecule is O=C(c1ccc(N2CCOC2=O)cc1)N1CCC(C(=O)N2CCCCC2)CC1. The van der Waals surface area contributed by atoms with Crippen LogP contribution in [0.1, 0.15) is 42.5 Å². The topological polar surface area (TPSA) is 70.2 Å². The first-order chi connectivity index (χ1) is 13.6. The van der Waals surface area contributed by atoms with Crippen LogP contribution in [0.3, 0.4) is 0 Å². The van der Waals surface area contributed by atoms with E-state index >= 15 is 0 Å². The highest BCUT2D eigenvalue weighted by Crippen LogP contribution is 2.24. The first kappa shape index (κ1) is 18.8. The summed E-state index contributed by atoms with van der Waals surface area (Å²) in [5.74, 6) is 0.304. The summed E-state index contributed by atoms with van der Waals surface area (Å²) in [7, 11) is 0. The second-order valence-electron chi connectivity index (χ2n) is 7.77. The summed E-state index contributed by atoms with van der Waals surface area (Å²) in [4.78, 5) is 42.5. The van der Waals surface area contributed by atoms with Crippen LogP contribution < -0.4 is 4.90 Å². The standard InChI is InChI=1S/C21H27N3O4/c25-19(16-4-6-18(7-5-16)24-14-15-28-21(24)27)23-12-8-17(9-13-23)20(26)22-10-2-1-3-11-22/h4-7,17H,1-3,8-15H2. The van der Waals surface area contributed by atoms with E-state index in [1.54, 1.807) is 29.2 Å². The molecule has 0 unspecified atom stereocenters. The third-order valence-corrected chi connectivity index (χ3v) is 5.99.